The molecule has 7 heteroatoms. The number of hydrogen-bond donors (Lipinski definition) is 1. The molecule has 0 atom stereocenters. The lowest BCUT2D eigenvalue weighted by atomic mass is 10.2. The average Bonchev–Trinajstić information content (AvgIpc) is 2.47. The van der Waals surface area contributed by atoms with Crippen molar-refractivity contribution in [1.82, 2.24) is 4.98 Å². The Bertz CT molecular complexity index is 607. The summed E-state index contributed by atoms with van der Waals surface area (Å²) >= 11 is 1.64. The van der Waals surface area contributed by atoms with E-state index in [2.05, 4.69) is 15.5 Å². The number of pyridine rings is 1. The van der Waals surface area contributed by atoms with E-state index in [4.69, 9.17) is 0 Å². The van der Waals surface area contributed by atoms with Gasteiger partial charge in [0.05, 0.1) is 11.8 Å². The quantitative estimate of drug-likeness (QED) is 0.520. The Morgan fingerprint density at radius 3 is 2.38 bits per heavy atom. The molecule has 0 aliphatic rings. The Kier molecular flexibility index (Phi) is 4.85. The monoisotopic (exact) mass is 311 g/mol. The molecule has 0 bridgehead atoms. The highest BCUT2D eigenvalue weighted by atomic mass is 32.2. The van der Waals surface area contributed by atoms with Crippen LogP contribution in [0.1, 0.15) is 11.1 Å². The molecule has 0 aliphatic carbocycles. The molecule has 1 N–H and O–H groups in total. The summed E-state index contributed by atoms with van der Waals surface area (Å²) in [5.41, 5.74) is 2.68. The van der Waals surface area contributed by atoms with E-state index in [1.54, 1.807) is 18.0 Å². The van der Waals surface area contributed by atoms with Crippen molar-refractivity contribution in [2.24, 2.45) is 5.10 Å². The number of halogens is 3. The molecule has 2 rings (SSSR count). The Hall–Kier alpha value is -2.02. The van der Waals surface area contributed by atoms with Crippen molar-refractivity contribution >= 4 is 23.8 Å². The van der Waals surface area contributed by atoms with Crippen LogP contribution in [0.15, 0.2) is 52.6 Å². The molecule has 0 unspecified atom stereocenters. The second-order valence-electron chi connectivity index (χ2n) is 4.07. The van der Waals surface area contributed by atoms with Crippen LogP contribution in [0, 0.1) is 0 Å². The van der Waals surface area contributed by atoms with Gasteiger partial charge in [0, 0.05) is 11.1 Å². The second-order valence-corrected chi connectivity index (χ2v) is 4.95. The molecular formula is C14H12F3N3S. The van der Waals surface area contributed by atoms with Crippen LogP contribution >= 0.6 is 11.8 Å². The van der Waals surface area contributed by atoms with Crippen LogP contribution in [0.5, 0.6) is 0 Å². The van der Waals surface area contributed by atoms with E-state index in [0.29, 0.717) is 0 Å². The number of benzene rings is 1. The first kappa shape index (κ1) is 15.4. The molecule has 0 amide bonds. The van der Waals surface area contributed by atoms with Gasteiger partial charge >= 0.3 is 6.18 Å². The van der Waals surface area contributed by atoms with Gasteiger partial charge in [-0.25, -0.2) is 4.98 Å². The zero-order valence-corrected chi connectivity index (χ0v) is 11.9. The van der Waals surface area contributed by atoms with E-state index < -0.39 is 11.7 Å². The minimum Gasteiger partial charge on any atom is -0.261 e. The van der Waals surface area contributed by atoms with Crippen molar-refractivity contribution in [2.45, 2.75) is 11.1 Å². The number of thioether (sulfide) groups is 1. The van der Waals surface area contributed by atoms with Crippen LogP contribution < -0.4 is 5.43 Å². The molecule has 0 aliphatic heterocycles. The van der Waals surface area contributed by atoms with Crippen LogP contribution in [0.4, 0.5) is 19.0 Å². The molecule has 1 aromatic carbocycles. The van der Waals surface area contributed by atoms with Gasteiger partial charge in [-0.1, -0.05) is 12.1 Å². The fraction of sp³-hybridized carbons (Fsp3) is 0.143. The zero-order valence-electron chi connectivity index (χ0n) is 11.1. The number of alkyl halides is 3. The summed E-state index contributed by atoms with van der Waals surface area (Å²) in [5, 5.41) is 3.93. The predicted octanol–water partition coefficient (Wildman–Crippen LogP) is 4.27. The molecule has 0 radical (unpaired) electrons. The molecule has 1 heterocycles. The van der Waals surface area contributed by atoms with Crippen LogP contribution in [-0.4, -0.2) is 17.5 Å². The maximum Gasteiger partial charge on any atom is 0.417 e. The van der Waals surface area contributed by atoms with Gasteiger partial charge in [0.1, 0.15) is 5.82 Å². The summed E-state index contributed by atoms with van der Waals surface area (Å²) in [4.78, 5) is 4.80. The Balaban J connectivity index is 1.97. The van der Waals surface area contributed by atoms with Gasteiger partial charge in [0.15, 0.2) is 0 Å². The highest BCUT2D eigenvalue weighted by Gasteiger charge is 2.30. The van der Waals surface area contributed by atoms with Gasteiger partial charge in [-0.3, -0.25) is 5.43 Å². The maximum absolute atomic E-state index is 12.4. The van der Waals surface area contributed by atoms with Crippen molar-refractivity contribution < 1.29 is 13.2 Å². The molecule has 2 aromatic rings. The maximum atomic E-state index is 12.4. The second kappa shape index (κ2) is 6.62. The highest BCUT2D eigenvalue weighted by Crippen LogP contribution is 2.28. The predicted molar refractivity (Wildman–Crippen MR) is 78.7 cm³/mol. The summed E-state index contributed by atoms with van der Waals surface area (Å²) in [6.45, 7) is 0. The lowest BCUT2D eigenvalue weighted by molar-refractivity contribution is -0.137. The van der Waals surface area contributed by atoms with E-state index in [1.165, 1.54) is 6.07 Å². The minimum absolute atomic E-state index is 0.250. The molecule has 0 fully saturated rings. The number of rotatable bonds is 4. The highest BCUT2D eigenvalue weighted by molar-refractivity contribution is 7.98. The first-order chi connectivity index (χ1) is 9.99. The van der Waals surface area contributed by atoms with Crippen LogP contribution in [0.25, 0.3) is 0 Å². The molecule has 21 heavy (non-hydrogen) atoms. The summed E-state index contributed by atoms with van der Waals surface area (Å²) in [6.07, 6.45) is -0.0522. The van der Waals surface area contributed by atoms with Gasteiger partial charge in [-0.2, -0.15) is 18.3 Å². The lowest BCUT2D eigenvalue weighted by Crippen LogP contribution is -2.05. The van der Waals surface area contributed by atoms with Gasteiger partial charge in [0.25, 0.3) is 0 Å². The largest absolute Gasteiger partial charge is 0.417 e. The standard InChI is InChI=1S/C14H12F3N3S/c1-21-12-5-2-10(3-6-12)8-19-20-13-7-4-11(9-18-13)14(15,16)17/h2-9H,1H3,(H,18,20)/b19-8+. The van der Waals surface area contributed by atoms with Crippen LogP contribution in [0.2, 0.25) is 0 Å². The van der Waals surface area contributed by atoms with Gasteiger partial charge in [-0.15, -0.1) is 11.8 Å². The molecule has 110 valence electrons. The summed E-state index contributed by atoms with van der Waals surface area (Å²) < 4.78 is 37.1. The van der Waals surface area contributed by atoms with Gasteiger partial charge in [-0.05, 0) is 36.1 Å². The zero-order chi connectivity index (χ0) is 15.3. The average molecular weight is 311 g/mol. The van der Waals surface area contributed by atoms with Crippen LogP contribution in [0.3, 0.4) is 0 Å². The van der Waals surface area contributed by atoms with Crippen LogP contribution in [-0.2, 0) is 6.18 Å². The van der Waals surface area contributed by atoms with Crippen molar-refractivity contribution in [3.05, 3.63) is 53.7 Å². The number of hydrogen-bond acceptors (Lipinski definition) is 4. The van der Waals surface area contributed by atoms with E-state index in [0.717, 1.165) is 22.7 Å². The van der Waals surface area contributed by atoms with Crippen molar-refractivity contribution in [2.75, 3.05) is 11.7 Å². The molecule has 0 spiro atoms. The minimum atomic E-state index is -4.38. The van der Waals surface area contributed by atoms with E-state index in [9.17, 15) is 13.2 Å². The normalized spacial score (nSPS) is 11.8. The van der Waals surface area contributed by atoms with Crippen molar-refractivity contribution in [3.8, 4) is 0 Å². The Morgan fingerprint density at radius 2 is 1.86 bits per heavy atom. The molecule has 0 saturated carbocycles. The summed E-state index contributed by atoms with van der Waals surface area (Å²) in [5.74, 6) is 0.250. The van der Waals surface area contributed by atoms with E-state index in [-0.39, 0.29) is 5.82 Å². The lowest BCUT2D eigenvalue weighted by Gasteiger charge is -2.06. The number of hydrazone groups is 1. The molecule has 3 nitrogen and oxygen atoms in total. The van der Waals surface area contributed by atoms with Crippen molar-refractivity contribution in [3.63, 3.8) is 0 Å². The number of nitrogens with zero attached hydrogens (tertiary/aromatic N) is 2. The topological polar surface area (TPSA) is 37.3 Å². The third-order valence-electron chi connectivity index (χ3n) is 2.60. The Morgan fingerprint density at radius 1 is 1.14 bits per heavy atom. The fourth-order valence-corrected chi connectivity index (χ4v) is 1.90. The smallest absolute Gasteiger partial charge is 0.261 e. The fourth-order valence-electron chi connectivity index (χ4n) is 1.49. The van der Waals surface area contributed by atoms with Crippen molar-refractivity contribution in [1.29, 1.82) is 0 Å². The first-order valence-electron chi connectivity index (χ1n) is 5.95. The first-order valence-corrected chi connectivity index (χ1v) is 7.18. The molecule has 1 aromatic heterocycles. The third kappa shape index (κ3) is 4.49. The summed E-state index contributed by atoms with van der Waals surface area (Å²) in [6, 6.07) is 9.91. The molecule has 0 saturated heterocycles. The SMILES string of the molecule is CSc1ccc(/C=N/Nc2ccc(C(F)(F)F)cn2)cc1. The van der Waals surface area contributed by atoms with E-state index in [1.807, 2.05) is 30.5 Å². The Labute approximate surface area is 124 Å². The molecular weight excluding hydrogens is 299 g/mol. The van der Waals surface area contributed by atoms with E-state index >= 15 is 0 Å². The van der Waals surface area contributed by atoms with Gasteiger partial charge < -0.3 is 0 Å². The third-order valence-corrected chi connectivity index (χ3v) is 3.34. The number of anilines is 1. The van der Waals surface area contributed by atoms with Gasteiger partial charge in [0.2, 0.25) is 0 Å². The number of aromatic nitrogens is 1. The summed E-state index contributed by atoms with van der Waals surface area (Å²) in [7, 11) is 0. The number of nitrogens with one attached hydrogen (secondary N) is 1.